The van der Waals surface area contributed by atoms with Gasteiger partial charge in [-0.1, -0.05) is 20.8 Å². The van der Waals surface area contributed by atoms with Gasteiger partial charge in [-0.05, 0) is 37.3 Å². The first-order valence-electron chi connectivity index (χ1n) is 6.67. The molecule has 2 unspecified atom stereocenters. The normalized spacial score (nSPS) is 25.9. The number of rotatable bonds is 7. The minimum Gasteiger partial charge on any atom is -0.396 e. The van der Waals surface area contributed by atoms with Gasteiger partial charge in [-0.15, -0.1) is 0 Å². The van der Waals surface area contributed by atoms with Crippen LogP contribution in [0.3, 0.4) is 0 Å². The van der Waals surface area contributed by atoms with Crippen LogP contribution < -0.4 is 5.32 Å². The first kappa shape index (κ1) is 13.9. The van der Waals surface area contributed by atoms with Gasteiger partial charge in [0.25, 0.3) is 0 Å². The molecule has 0 radical (unpaired) electrons. The van der Waals surface area contributed by atoms with Gasteiger partial charge < -0.3 is 15.3 Å². The number of aliphatic hydroxyl groups is 1. The van der Waals surface area contributed by atoms with Gasteiger partial charge in [-0.2, -0.15) is 0 Å². The Kier molecular flexibility index (Phi) is 5.73. The lowest BCUT2D eigenvalue weighted by Gasteiger charge is -2.33. The van der Waals surface area contributed by atoms with Crippen LogP contribution >= 0.6 is 0 Å². The third-order valence-corrected chi connectivity index (χ3v) is 3.89. The van der Waals surface area contributed by atoms with Gasteiger partial charge in [0.1, 0.15) is 0 Å². The molecule has 2 atom stereocenters. The summed E-state index contributed by atoms with van der Waals surface area (Å²) < 4.78 is 0. The van der Waals surface area contributed by atoms with E-state index in [9.17, 15) is 0 Å². The lowest BCUT2D eigenvalue weighted by molar-refractivity contribution is 0.165. The van der Waals surface area contributed by atoms with Crippen molar-refractivity contribution in [3.63, 3.8) is 0 Å². The Bertz CT molecular complexity index is 198. The standard InChI is InChI=1S/C13H28N2O/c1-4-13(3,10-14-5-2)11-15-7-6-12(8-15)9-16/h12,14,16H,4-11H2,1-3H3. The molecule has 1 aliphatic rings. The molecule has 1 rings (SSSR count). The van der Waals surface area contributed by atoms with E-state index in [0.717, 1.165) is 39.1 Å². The average Bonchev–Trinajstić information content (AvgIpc) is 2.74. The van der Waals surface area contributed by atoms with Crippen LogP contribution in [0.25, 0.3) is 0 Å². The monoisotopic (exact) mass is 228 g/mol. The number of nitrogens with zero attached hydrogens (tertiary/aromatic N) is 1. The lowest BCUT2D eigenvalue weighted by atomic mass is 9.87. The SMILES string of the molecule is CCNCC(C)(CC)CN1CCC(CO)C1. The number of likely N-dealkylation sites (tertiary alicyclic amines) is 1. The summed E-state index contributed by atoms with van der Waals surface area (Å²) in [6.45, 7) is 12.7. The Morgan fingerprint density at radius 3 is 2.69 bits per heavy atom. The Morgan fingerprint density at radius 2 is 2.19 bits per heavy atom. The zero-order valence-electron chi connectivity index (χ0n) is 11.1. The molecule has 0 aromatic heterocycles. The molecule has 3 heteroatoms. The molecule has 96 valence electrons. The van der Waals surface area contributed by atoms with Crippen molar-refractivity contribution in [1.82, 2.24) is 10.2 Å². The molecule has 1 aliphatic heterocycles. The summed E-state index contributed by atoms with van der Waals surface area (Å²) in [5.41, 5.74) is 0.375. The maximum Gasteiger partial charge on any atom is 0.0471 e. The van der Waals surface area contributed by atoms with E-state index in [1.54, 1.807) is 0 Å². The molecule has 2 N–H and O–H groups in total. The molecule has 3 nitrogen and oxygen atoms in total. The minimum atomic E-state index is 0.354. The zero-order valence-corrected chi connectivity index (χ0v) is 11.1. The van der Waals surface area contributed by atoms with Crippen molar-refractivity contribution >= 4 is 0 Å². The molecule has 0 bridgehead atoms. The predicted molar refractivity (Wildman–Crippen MR) is 68.6 cm³/mol. The largest absolute Gasteiger partial charge is 0.396 e. The maximum absolute atomic E-state index is 9.14. The van der Waals surface area contributed by atoms with Crippen LogP contribution in [0.1, 0.15) is 33.6 Å². The molecule has 0 saturated carbocycles. The van der Waals surface area contributed by atoms with Crippen molar-refractivity contribution in [3.05, 3.63) is 0 Å². The summed E-state index contributed by atoms with van der Waals surface area (Å²) in [6.07, 6.45) is 2.37. The van der Waals surface area contributed by atoms with Gasteiger partial charge >= 0.3 is 0 Å². The Morgan fingerprint density at radius 1 is 1.44 bits per heavy atom. The first-order chi connectivity index (χ1) is 7.63. The second-order valence-electron chi connectivity index (χ2n) is 5.52. The first-order valence-corrected chi connectivity index (χ1v) is 6.67. The van der Waals surface area contributed by atoms with Gasteiger partial charge in [-0.25, -0.2) is 0 Å². The fourth-order valence-corrected chi connectivity index (χ4v) is 2.46. The molecule has 0 aromatic rings. The van der Waals surface area contributed by atoms with E-state index < -0.39 is 0 Å². The van der Waals surface area contributed by atoms with Crippen molar-refractivity contribution in [2.75, 3.05) is 39.3 Å². The van der Waals surface area contributed by atoms with Crippen LogP contribution in [0.4, 0.5) is 0 Å². The molecular formula is C13H28N2O. The second kappa shape index (κ2) is 6.58. The van der Waals surface area contributed by atoms with E-state index in [2.05, 4.69) is 31.0 Å². The Hall–Kier alpha value is -0.120. The minimum absolute atomic E-state index is 0.354. The van der Waals surface area contributed by atoms with Crippen LogP contribution in [0, 0.1) is 11.3 Å². The summed E-state index contributed by atoms with van der Waals surface area (Å²) in [7, 11) is 0. The molecule has 1 fully saturated rings. The van der Waals surface area contributed by atoms with Crippen LogP contribution in [0.2, 0.25) is 0 Å². The fraction of sp³-hybridized carbons (Fsp3) is 1.00. The molecule has 0 amide bonds. The van der Waals surface area contributed by atoms with Crippen molar-refractivity contribution in [2.24, 2.45) is 11.3 Å². The highest BCUT2D eigenvalue weighted by molar-refractivity contribution is 4.83. The van der Waals surface area contributed by atoms with Gasteiger partial charge in [0.05, 0.1) is 0 Å². The van der Waals surface area contributed by atoms with Crippen LogP contribution in [-0.4, -0.2) is 49.3 Å². The van der Waals surface area contributed by atoms with E-state index in [1.165, 1.54) is 6.42 Å². The van der Waals surface area contributed by atoms with Crippen LogP contribution in [-0.2, 0) is 0 Å². The number of hydrogen-bond donors (Lipinski definition) is 2. The molecule has 16 heavy (non-hydrogen) atoms. The topological polar surface area (TPSA) is 35.5 Å². The van der Waals surface area contributed by atoms with Crippen LogP contribution in [0.5, 0.6) is 0 Å². The lowest BCUT2D eigenvalue weighted by Crippen LogP contribution is -2.41. The van der Waals surface area contributed by atoms with E-state index in [4.69, 9.17) is 5.11 Å². The van der Waals surface area contributed by atoms with Crippen molar-refractivity contribution in [3.8, 4) is 0 Å². The number of aliphatic hydroxyl groups excluding tert-OH is 1. The third kappa shape index (κ3) is 4.04. The highest BCUT2D eigenvalue weighted by Gasteiger charge is 2.29. The van der Waals surface area contributed by atoms with E-state index >= 15 is 0 Å². The number of hydrogen-bond acceptors (Lipinski definition) is 3. The quantitative estimate of drug-likeness (QED) is 0.690. The predicted octanol–water partition coefficient (Wildman–Crippen LogP) is 1.33. The van der Waals surface area contributed by atoms with Crippen molar-refractivity contribution in [2.45, 2.75) is 33.6 Å². The van der Waals surface area contributed by atoms with Crippen molar-refractivity contribution in [1.29, 1.82) is 0 Å². The highest BCUT2D eigenvalue weighted by Crippen LogP contribution is 2.25. The zero-order chi connectivity index (χ0) is 12.0. The molecule has 1 saturated heterocycles. The average molecular weight is 228 g/mol. The smallest absolute Gasteiger partial charge is 0.0471 e. The summed E-state index contributed by atoms with van der Waals surface area (Å²) in [5.74, 6) is 0.514. The third-order valence-electron chi connectivity index (χ3n) is 3.89. The van der Waals surface area contributed by atoms with Gasteiger partial charge in [0.2, 0.25) is 0 Å². The summed E-state index contributed by atoms with van der Waals surface area (Å²) in [5, 5.41) is 12.6. The maximum atomic E-state index is 9.14. The molecule has 0 spiro atoms. The van der Waals surface area contributed by atoms with E-state index in [-0.39, 0.29) is 0 Å². The Balaban J connectivity index is 2.37. The second-order valence-corrected chi connectivity index (χ2v) is 5.52. The fourth-order valence-electron chi connectivity index (χ4n) is 2.46. The van der Waals surface area contributed by atoms with E-state index in [1.807, 2.05) is 0 Å². The summed E-state index contributed by atoms with van der Waals surface area (Å²) >= 11 is 0. The molecular weight excluding hydrogens is 200 g/mol. The summed E-state index contributed by atoms with van der Waals surface area (Å²) in [6, 6.07) is 0. The van der Waals surface area contributed by atoms with Gasteiger partial charge in [0.15, 0.2) is 0 Å². The van der Waals surface area contributed by atoms with E-state index in [0.29, 0.717) is 17.9 Å². The molecule has 0 aromatic carbocycles. The highest BCUT2D eigenvalue weighted by atomic mass is 16.3. The summed E-state index contributed by atoms with van der Waals surface area (Å²) in [4.78, 5) is 2.52. The van der Waals surface area contributed by atoms with Crippen molar-refractivity contribution < 1.29 is 5.11 Å². The number of nitrogens with one attached hydrogen (secondary N) is 1. The van der Waals surface area contributed by atoms with Crippen LogP contribution in [0.15, 0.2) is 0 Å². The van der Waals surface area contributed by atoms with Gasteiger partial charge in [-0.3, -0.25) is 0 Å². The van der Waals surface area contributed by atoms with Gasteiger partial charge in [0, 0.05) is 26.2 Å². The molecule has 0 aliphatic carbocycles. The Labute approximate surface area is 100 Å². The molecule has 1 heterocycles.